The van der Waals surface area contributed by atoms with E-state index in [0.29, 0.717) is 36.9 Å². The van der Waals surface area contributed by atoms with Crippen molar-refractivity contribution in [2.24, 2.45) is 5.73 Å². The Morgan fingerprint density at radius 2 is 1.78 bits per heavy atom. The summed E-state index contributed by atoms with van der Waals surface area (Å²) in [5.41, 5.74) is 8.84. The molecule has 4 aromatic rings. The van der Waals surface area contributed by atoms with E-state index < -0.39 is 43.3 Å². The van der Waals surface area contributed by atoms with Gasteiger partial charge in [0.15, 0.2) is 29.3 Å². The van der Waals surface area contributed by atoms with Crippen LogP contribution < -0.4 is 16.0 Å². The van der Waals surface area contributed by atoms with Crippen molar-refractivity contribution >= 4 is 28.9 Å². The van der Waals surface area contributed by atoms with E-state index in [1.54, 1.807) is 0 Å². The van der Waals surface area contributed by atoms with Crippen LogP contribution in [0.2, 0.25) is 0 Å². The second kappa shape index (κ2) is 12.6. The molecule has 15 heteroatoms. The van der Waals surface area contributed by atoms with Gasteiger partial charge in [-0.1, -0.05) is 60.7 Å². The maximum atomic E-state index is 12.9. The average molecular weight is 628 g/mol. The SMILES string of the molecule is N[C@@H]1CCN(c2nc(NCC(c3ccccc3)c3ccccc3)c3ncn([C@@H]4O[C@H](CO)[C@@H](OC(=O)C(F)(F)F)[C@H]4O)c3n2)C1. The molecule has 4 heterocycles. The average Bonchev–Trinajstić information content (AvgIpc) is 3.75. The zero-order valence-corrected chi connectivity index (χ0v) is 23.9. The number of aliphatic hydroxyl groups excluding tert-OH is 2. The van der Waals surface area contributed by atoms with Crippen molar-refractivity contribution in [1.82, 2.24) is 19.5 Å². The minimum absolute atomic E-state index is 0.0578. The number of alkyl halides is 3. The first-order valence-corrected chi connectivity index (χ1v) is 14.4. The van der Waals surface area contributed by atoms with Crippen LogP contribution in [0.5, 0.6) is 0 Å². The van der Waals surface area contributed by atoms with E-state index in [-0.39, 0.29) is 17.6 Å². The minimum atomic E-state index is -5.30. The number of anilines is 2. The third-order valence-corrected chi connectivity index (χ3v) is 8.03. The Morgan fingerprint density at radius 1 is 1.11 bits per heavy atom. The van der Waals surface area contributed by atoms with Crippen molar-refractivity contribution in [3.63, 3.8) is 0 Å². The molecule has 2 fully saturated rings. The van der Waals surface area contributed by atoms with Crippen LogP contribution in [0.4, 0.5) is 24.9 Å². The van der Waals surface area contributed by atoms with Gasteiger partial charge >= 0.3 is 12.1 Å². The Kier molecular flexibility index (Phi) is 8.59. The number of aromatic nitrogens is 4. The summed E-state index contributed by atoms with van der Waals surface area (Å²) in [7, 11) is 0. The first-order valence-electron chi connectivity index (χ1n) is 14.4. The molecule has 238 valence electrons. The molecule has 12 nitrogen and oxygen atoms in total. The first-order chi connectivity index (χ1) is 21.6. The Balaban J connectivity index is 1.36. The van der Waals surface area contributed by atoms with Gasteiger partial charge in [-0.2, -0.15) is 23.1 Å². The molecule has 0 spiro atoms. The van der Waals surface area contributed by atoms with Crippen LogP contribution >= 0.6 is 0 Å². The number of fused-ring (bicyclic) bond motifs is 1. The van der Waals surface area contributed by atoms with Gasteiger partial charge in [0.2, 0.25) is 5.95 Å². The summed E-state index contributed by atoms with van der Waals surface area (Å²) in [6.07, 6.45) is -9.64. The lowest BCUT2D eigenvalue weighted by Crippen LogP contribution is -2.41. The quantitative estimate of drug-likeness (QED) is 0.202. The number of hydrogen-bond acceptors (Lipinski definition) is 11. The van der Waals surface area contributed by atoms with Crippen LogP contribution in [0.15, 0.2) is 67.0 Å². The van der Waals surface area contributed by atoms with Crippen molar-refractivity contribution < 1.29 is 37.7 Å². The van der Waals surface area contributed by atoms with Crippen LogP contribution in [-0.4, -0.2) is 92.5 Å². The molecule has 5 atom stereocenters. The number of rotatable bonds is 9. The van der Waals surface area contributed by atoms with Crippen molar-refractivity contribution in [3.8, 4) is 0 Å². The molecule has 6 rings (SSSR count). The summed E-state index contributed by atoms with van der Waals surface area (Å²) in [4.78, 5) is 27.4. The van der Waals surface area contributed by atoms with Crippen molar-refractivity contribution in [2.45, 2.75) is 49.1 Å². The van der Waals surface area contributed by atoms with E-state index in [1.165, 1.54) is 10.9 Å². The molecule has 0 radical (unpaired) electrons. The number of carbonyl (C=O) groups is 1. The van der Waals surface area contributed by atoms with E-state index in [2.05, 4.69) is 20.0 Å². The predicted molar refractivity (Wildman–Crippen MR) is 156 cm³/mol. The minimum Gasteiger partial charge on any atom is -0.450 e. The molecule has 2 aliphatic heterocycles. The van der Waals surface area contributed by atoms with E-state index in [0.717, 1.165) is 17.5 Å². The van der Waals surface area contributed by atoms with Crippen molar-refractivity contribution in [3.05, 3.63) is 78.1 Å². The number of nitrogens with one attached hydrogen (secondary N) is 1. The van der Waals surface area contributed by atoms with Gasteiger partial charge in [-0.05, 0) is 17.5 Å². The number of aliphatic hydroxyl groups is 2. The van der Waals surface area contributed by atoms with Gasteiger partial charge in [0, 0.05) is 31.6 Å². The zero-order chi connectivity index (χ0) is 31.7. The van der Waals surface area contributed by atoms with Gasteiger partial charge in [-0.3, -0.25) is 4.57 Å². The second-order valence-corrected chi connectivity index (χ2v) is 11.1. The van der Waals surface area contributed by atoms with E-state index in [4.69, 9.17) is 15.5 Å². The Hall–Kier alpha value is -4.31. The Morgan fingerprint density at radius 3 is 2.36 bits per heavy atom. The molecule has 2 aliphatic rings. The highest BCUT2D eigenvalue weighted by atomic mass is 19.4. The molecule has 0 bridgehead atoms. The zero-order valence-electron chi connectivity index (χ0n) is 23.9. The highest BCUT2D eigenvalue weighted by molar-refractivity contribution is 5.84. The number of halogens is 3. The van der Waals surface area contributed by atoms with Crippen molar-refractivity contribution in [2.75, 3.05) is 36.5 Å². The van der Waals surface area contributed by atoms with Gasteiger partial charge in [0.05, 0.1) is 12.9 Å². The summed E-state index contributed by atoms with van der Waals surface area (Å²) in [6, 6.07) is 19.8. The molecule has 0 amide bonds. The van der Waals surface area contributed by atoms with Gasteiger partial charge in [-0.15, -0.1) is 0 Å². The summed E-state index contributed by atoms with van der Waals surface area (Å²) in [6.45, 7) is 0.716. The maximum absolute atomic E-state index is 12.9. The predicted octanol–water partition coefficient (Wildman–Crippen LogP) is 2.33. The van der Waals surface area contributed by atoms with Crippen LogP contribution in [0.1, 0.15) is 29.7 Å². The molecule has 0 unspecified atom stereocenters. The Bertz CT molecular complexity index is 1590. The van der Waals surface area contributed by atoms with Gasteiger partial charge < -0.3 is 35.6 Å². The van der Waals surface area contributed by atoms with Gasteiger partial charge in [-0.25, -0.2) is 9.78 Å². The second-order valence-electron chi connectivity index (χ2n) is 11.1. The summed E-state index contributed by atoms with van der Waals surface area (Å²) in [5.74, 6) is -1.84. The van der Waals surface area contributed by atoms with Crippen LogP contribution in [-0.2, 0) is 14.3 Å². The van der Waals surface area contributed by atoms with Gasteiger partial charge in [0.1, 0.15) is 12.2 Å². The molecule has 2 aromatic carbocycles. The lowest BCUT2D eigenvalue weighted by atomic mass is 9.91. The summed E-state index contributed by atoms with van der Waals surface area (Å²) in [5, 5.41) is 24.2. The highest BCUT2D eigenvalue weighted by Gasteiger charge is 2.51. The number of imidazole rings is 1. The third kappa shape index (κ3) is 6.29. The van der Waals surface area contributed by atoms with E-state index in [1.807, 2.05) is 65.6 Å². The maximum Gasteiger partial charge on any atom is 0.490 e. The third-order valence-electron chi connectivity index (χ3n) is 8.03. The van der Waals surface area contributed by atoms with Crippen LogP contribution in [0.25, 0.3) is 11.2 Å². The molecular weight excluding hydrogens is 595 g/mol. The van der Waals surface area contributed by atoms with Crippen LogP contribution in [0, 0.1) is 0 Å². The number of ether oxygens (including phenoxy) is 2. The largest absolute Gasteiger partial charge is 0.490 e. The standard InChI is InChI=1S/C30H32F3N7O5/c31-30(32,33)28(43)45-24-21(15-41)44-27(23(24)42)40-16-36-22-25(37-29(38-26(22)40)39-12-11-19(34)14-39)35-13-20(17-7-3-1-4-8-17)18-9-5-2-6-10-18/h1-10,16,19-21,23-24,27,41-42H,11-15,34H2,(H,35,37,38)/t19-,21-,23-,24-,27-/m1/s1. The molecule has 0 aliphatic carbocycles. The smallest absolute Gasteiger partial charge is 0.450 e. The van der Waals surface area contributed by atoms with E-state index in [9.17, 15) is 28.2 Å². The number of carbonyl (C=O) groups excluding carboxylic acids is 1. The first kappa shape index (κ1) is 30.7. The fourth-order valence-corrected chi connectivity index (χ4v) is 5.75. The Labute approximate surface area is 255 Å². The molecule has 5 N–H and O–H groups in total. The number of benzene rings is 2. The van der Waals surface area contributed by atoms with Crippen molar-refractivity contribution in [1.29, 1.82) is 0 Å². The molecular formula is C30H32F3N7O5. The number of esters is 1. The molecule has 45 heavy (non-hydrogen) atoms. The monoisotopic (exact) mass is 627 g/mol. The fraction of sp³-hybridized carbons (Fsp3) is 0.400. The number of nitrogens with two attached hydrogens (primary N) is 1. The van der Waals surface area contributed by atoms with Crippen LogP contribution in [0.3, 0.4) is 0 Å². The normalized spacial score (nSPS) is 23.6. The molecule has 2 aromatic heterocycles. The number of hydrogen-bond donors (Lipinski definition) is 4. The summed E-state index contributed by atoms with van der Waals surface area (Å²) >= 11 is 0. The van der Waals surface area contributed by atoms with Gasteiger partial charge in [0.25, 0.3) is 0 Å². The lowest BCUT2D eigenvalue weighted by Gasteiger charge is -2.22. The molecule has 2 saturated heterocycles. The molecule has 0 saturated carbocycles. The summed E-state index contributed by atoms with van der Waals surface area (Å²) < 4.78 is 50.4. The van der Waals surface area contributed by atoms with E-state index >= 15 is 0 Å². The lowest BCUT2D eigenvalue weighted by molar-refractivity contribution is -0.210. The fourth-order valence-electron chi connectivity index (χ4n) is 5.75. The topological polar surface area (TPSA) is 161 Å². The number of nitrogens with zero attached hydrogens (tertiary/aromatic N) is 5. The highest BCUT2D eigenvalue weighted by Crippen LogP contribution is 2.36.